The van der Waals surface area contributed by atoms with Crippen LogP contribution in [-0.4, -0.2) is 24.6 Å². The predicted octanol–water partition coefficient (Wildman–Crippen LogP) is 3.27. The van der Waals surface area contributed by atoms with Gasteiger partial charge in [-0.1, -0.05) is 18.2 Å². The van der Waals surface area contributed by atoms with Gasteiger partial charge in [-0.05, 0) is 43.4 Å². The van der Waals surface area contributed by atoms with Crippen LogP contribution in [0.5, 0.6) is 0 Å². The average molecular weight is 285 g/mol. The highest BCUT2D eigenvalue weighted by Gasteiger charge is 2.27. The summed E-state index contributed by atoms with van der Waals surface area (Å²) in [5, 5.41) is 0. The number of anilines is 3. The number of nitrogens with zero attached hydrogens (tertiary/aromatic N) is 4. The normalized spacial score (nSPS) is 13.0. The van der Waals surface area contributed by atoms with Crippen LogP contribution in [0.3, 0.4) is 0 Å². The summed E-state index contributed by atoms with van der Waals surface area (Å²) in [7, 11) is 4.09. The molecule has 0 saturated carbocycles. The Bertz CT molecular complexity index is 807. The van der Waals surface area contributed by atoms with Gasteiger partial charge in [-0.2, -0.15) is 0 Å². The van der Waals surface area contributed by atoms with E-state index in [1.165, 1.54) is 5.69 Å². The maximum absolute atomic E-state index is 4.52. The van der Waals surface area contributed by atoms with Gasteiger partial charge in [0.1, 0.15) is 5.82 Å². The Balaban J connectivity index is 1.76. The number of hydrogen-bond donors (Lipinski definition) is 0. The molecule has 3 aromatic rings. The van der Waals surface area contributed by atoms with E-state index in [1.54, 1.807) is 6.20 Å². The molecule has 0 bridgehead atoms. The smallest absolute Gasteiger partial charge is 0.397 e. The van der Waals surface area contributed by atoms with E-state index in [9.17, 15) is 0 Å². The Morgan fingerprint density at radius 2 is 1.68 bits per heavy atom. The van der Waals surface area contributed by atoms with Gasteiger partial charge in [-0.3, -0.25) is 4.98 Å². The van der Waals surface area contributed by atoms with Crippen LogP contribution >= 0.6 is 0 Å². The van der Waals surface area contributed by atoms with E-state index < -0.39 is 0 Å². The highest BCUT2D eigenvalue weighted by molar-refractivity contribution is 6.52. The summed E-state index contributed by atoms with van der Waals surface area (Å²) in [5.74, 6) is 0.889. The molecule has 0 fully saturated rings. The van der Waals surface area contributed by atoms with E-state index >= 15 is 0 Å². The van der Waals surface area contributed by atoms with Crippen molar-refractivity contribution in [2.24, 2.45) is 0 Å². The van der Waals surface area contributed by atoms with E-state index in [1.807, 2.05) is 49.6 Å². The monoisotopic (exact) mass is 285 g/mol. The topological polar surface area (TPSA) is 32.3 Å². The minimum absolute atomic E-state index is 0.889. The van der Waals surface area contributed by atoms with Gasteiger partial charge in [0.2, 0.25) is 0 Å². The van der Waals surface area contributed by atoms with Gasteiger partial charge in [-0.25, -0.2) is 4.98 Å². The summed E-state index contributed by atoms with van der Waals surface area (Å²) in [4.78, 5) is 13.1. The summed E-state index contributed by atoms with van der Waals surface area (Å²) in [6.45, 7) is 0. The van der Waals surface area contributed by atoms with Gasteiger partial charge in [-0.15, -0.1) is 0 Å². The molecule has 4 nitrogen and oxygen atoms in total. The molecule has 0 amide bonds. The van der Waals surface area contributed by atoms with Crippen molar-refractivity contribution in [3.8, 4) is 11.3 Å². The number of rotatable bonds is 2. The summed E-state index contributed by atoms with van der Waals surface area (Å²) < 4.78 is 0. The van der Waals surface area contributed by atoms with Crippen LogP contribution in [0.15, 0.2) is 67.0 Å². The zero-order chi connectivity index (χ0) is 14.9. The molecule has 3 heterocycles. The van der Waals surface area contributed by atoms with Crippen LogP contribution in [0, 0.1) is 0 Å². The van der Waals surface area contributed by atoms with Crippen molar-refractivity contribution in [3.63, 3.8) is 0 Å². The number of benzene rings is 1. The SMILES string of the molecule is CN1[B]N(c2cc(-c3ccccn3)ccn2)c2ccccc21. The highest BCUT2D eigenvalue weighted by atomic mass is 15.3. The number of para-hydroxylation sites is 2. The molecule has 105 valence electrons. The first-order chi connectivity index (χ1) is 10.8. The predicted molar refractivity (Wildman–Crippen MR) is 90.2 cm³/mol. The molecular weight excluding hydrogens is 271 g/mol. The van der Waals surface area contributed by atoms with Crippen molar-refractivity contribution in [1.29, 1.82) is 0 Å². The van der Waals surface area contributed by atoms with Crippen molar-refractivity contribution in [2.75, 3.05) is 16.7 Å². The third-order valence-corrected chi connectivity index (χ3v) is 3.76. The van der Waals surface area contributed by atoms with Gasteiger partial charge in [0.05, 0.1) is 11.4 Å². The van der Waals surface area contributed by atoms with E-state index in [0.717, 1.165) is 22.8 Å². The first-order valence-corrected chi connectivity index (χ1v) is 7.16. The van der Waals surface area contributed by atoms with Crippen LogP contribution < -0.4 is 9.62 Å². The standard InChI is InChI=1S/C17H14BN4/c1-21-15-7-2-3-8-16(15)22(18-21)17-12-13(9-11-20-17)14-6-4-5-10-19-14/h2-12H,1H3. The molecule has 0 aliphatic carbocycles. The molecule has 1 aliphatic rings. The van der Waals surface area contributed by atoms with Crippen molar-refractivity contribution >= 4 is 24.7 Å². The summed E-state index contributed by atoms with van der Waals surface area (Å²) in [6.07, 6.45) is 3.63. The van der Waals surface area contributed by atoms with Crippen molar-refractivity contribution < 1.29 is 0 Å². The lowest BCUT2D eigenvalue weighted by atomic mass is 10.1. The molecule has 1 aliphatic heterocycles. The molecule has 1 aromatic carbocycles. The van der Waals surface area contributed by atoms with Gasteiger partial charge in [0.15, 0.2) is 0 Å². The second-order valence-corrected chi connectivity index (χ2v) is 5.20. The van der Waals surface area contributed by atoms with E-state index in [4.69, 9.17) is 0 Å². The Hall–Kier alpha value is -2.82. The van der Waals surface area contributed by atoms with Crippen LogP contribution in [0.25, 0.3) is 11.3 Å². The van der Waals surface area contributed by atoms with Gasteiger partial charge < -0.3 is 9.62 Å². The molecular formula is C17H14BN4. The Morgan fingerprint density at radius 3 is 2.50 bits per heavy atom. The fraction of sp³-hybridized carbons (Fsp3) is 0.0588. The van der Waals surface area contributed by atoms with Gasteiger partial charge in [0.25, 0.3) is 0 Å². The van der Waals surface area contributed by atoms with Crippen LogP contribution in [-0.2, 0) is 0 Å². The molecule has 0 atom stereocenters. The van der Waals surface area contributed by atoms with Gasteiger partial charge in [0, 0.05) is 23.6 Å². The minimum Gasteiger partial charge on any atom is -0.400 e. The molecule has 4 rings (SSSR count). The number of pyridine rings is 2. The van der Waals surface area contributed by atoms with E-state index in [0.29, 0.717) is 0 Å². The zero-order valence-corrected chi connectivity index (χ0v) is 12.2. The number of aromatic nitrogens is 2. The average Bonchev–Trinajstić information content (AvgIpc) is 2.93. The maximum Gasteiger partial charge on any atom is 0.397 e. The summed E-state index contributed by atoms with van der Waals surface area (Å²) >= 11 is 0. The Labute approximate surface area is 130 Å². The highest BCUT2D eigenvalue weighted by Crippen LogP contribution is 2.38. The first kappa shape index (κ1) is 12.9. The van der Waals surface area contributed by atoms with Crippen LogP contribution in [0.1, 0.15) is 0 Å². The Morgan fingerprint density at radius 1 is 0.864 bits per heavy atom. The lowest BCUT2D eigenvalue weighted by Crippen LogP contribution is -2.29. The quantitative estimate of drug-likeness (QED) is 0.676. The maximum atomic E-state index is 4.52. The number of fused-ring (bicyclic) bond motifs is 1. The zero-order valence-electron chi connectivity index (χ0n) is 12.2. The third-order valence-electron chi connectivity index (χ3n) is 3.76. The van der Waals surface area contributed by atoms with Crippen molar-refractivity contribution in [1.82, 2.24) is 9.97 Å². The molecule has 0 spiro atoms. The molecule has 1 radical (unpaired) electrons. The van der Waals surface area contributed by atoms with Crippen molar-refractivity contribution in [3.05, 3.63) is 67.0 Å². The summed E-state index contributed by atoms with van der Waals surface area (Å²) in [5.41, 5.74) is 4.32. The lowest BCUT2D eigenvalue weighted by Gasteiger charge is -2.17. The Kier molecular flexibility index (Phi) is 3.04. The molecule has 0 unspecified atom stereocenters. The second kappa shape index (κ2) is 5.18. The molecule has 22 heavy (non-hydrogen) atoms. The molecule has 0 saturated heterocycles. The van der Waals surface area contributed by atoms with E-state index in [-0.39, 0.29) is 0 Å². The largest absolute Gasteiger partial charge is 0.400 e. The summed E-state index contributed by atoms with van der Waals surface area (Å²) in [6, 6.07) is 18.3. The fourth-order valence-corrected chi connectivity index (χ4v) is 2.69. The van der Waals surface area contributed by atoms with Crippen LogP contribution in [0.2, 0.25) is 0 Å². The molecule has 2 aromatic heterocycles. The lowest BCUT2D eigenvalue weighted by molar-refractivity contribution is 1.24. The van der Waals surface area contributed by atoms with E-state index in [2.05, 4.69) is 45.3 Å². The third kappa shape index (κ3) is 2.11. The van der Waals surface area contributed by atoms with Gasteiger partial charge >= 0.3 is 7.55 Å². The van der Waals surface area contributed by atoms with Crippen molar-refractivity contribution in [2.45, 2.75) is 0 Å². The minimum atomic E-state index is 0.889. The second-order valence-electron chi connectivity index (χ2n) is 5.20. The first-order valence-electron chi connectivity index (χ1n) is 7.16. The number of hydrogen-bond acceptors (Lipinski definition) is 4. The molecule has 0 N–H and O–H groups in total. The fourth-order valence-electron chi connectivity index (χ4n) is 2.69. The van der Waals surface area contributed by atoms with Crippen LogP contribution in [0.4, 0.5) is 17.2 Å². The molecule has 5 heteroatoms.